The molecule has 1 unspecified atom stereocenters. The third-order valence-electron chi connectivity index (χ3n) is 1.75. The molecule has 0 aromatic heterocycles. The van der Waals surface area contributed by atoms with Gasteiger partial charge >= 0.3 is 0 Å². The van der Waals surface area contributed by atoms with E-state index in [1.807, 2.05) is 11.9 Å². The van der Waals surface area contributed by atoms with Crippen LogP contribution in [-0.2, 0) is 0 Å². The van der Waals surface area contributed by atoms with Crippen LogP contribution in [0.25, 0.3) is 0 Å². The standard InChI is InChI=1S/C8H20N2O/c1-4-9-6-5-7-10(3)8(2)11/h8-9,11H,4-7H2,1-3H3. The molecule has 0 heterocycles. The number of hydrogen-bond donors (Lipinski definition) is 2. The maximum Gasteiger partial charge on any atom is 0.104 e. The predicted octanol–water partition coefficient (Wildman–Crippen LogP) is 0.256. The summed E-state index contributed by atoms with van der Waals surface area (Å²) >= 11 is 0. The number of nitrogens with zero attached hydrogens (tertiary/aromatic N) is 1. The molecule has 11 heavy (non-hydrogen) atoms. The molecular weight excluding hydrogens is 140 g/mol. The highest BCUT2D eigenvalue weighted by atomic mass is 16.3. The first-order valence-electron chi connectivity index (χ1n) is 4.27. The van der Waals surface area contributed by atoms with Crippen LogP contribution in [0.3, 0.4) is 0 Å². The van der Waals surface area contributed by atoms with Gasteiger partial charge in [0.2, 0.25) is 0 Å². The molecule has 0 radical (unpaired) electrons. The van der Waals surface area contributed by atoms with Crippen LogP contribution in [0, 0.1) is 0 Å². The van der Waals surface area contributed by atoms with Crippen molar-refractivity contribution in [1.29, 1.82) is 0 Å². The first-order valence-corrected chi connectivity index (χ1v) is 4.27. The second-order valence-corrected chi connectivity index (χ2v) is 2.82. The van der Waals surface area contributed by atoms with Crippen molar-refractivity contribution in [3.63, 3.8) is 0 Å². The molecule has 3 heteroatoms. The van der Waals surface area contributed by atoms with Gasteiger partial charge in [-0.2, -0.15) is 0 Å². The van der Waals surface area contributed by atoms with Crippen LogP contribution in [-0.4, -0.2) is 42.9 Å². The lowest BCUT2D eigenvalue weighted by molar-refractivity contribution is 0.0379. The van der Waals surface area contributed by atoms with Gasteiger partial charge in [-0.3, -0.25) is 4.90 Å². The summed E-state index contributed by atoms with van der Waals surface area (Å²) in [5, 5.41) is 12.3. The Bertz CT molecular complexity index is 86.2. The Balaban J connectivity index is 3.10. The summed E-state index contributed by atoms with van der Waals surface area (Å²) in [7, 11) is 1.93. The van der Waals surface area contributed by atoms with E-state index in [-0.39, 0.29) is 6.23 Å². The SMILES string of the molecule is CCNCCCN(C)C(C)O. The van der Waals surface area contributed by atoms with Crippen LogP contribution in [0.4, 0.5) is 0 Å². The first-order chi connectivity index (χ1) is 5.18. The van der Waals surface area contributed by atoms with Crippen LogP contribution in [0.2, 0.25) is 0 Å². The number of nitrogens with one attached hydrogen (secondary N) is 1. The van der Waals surface area contributed by atoms with Gasteiger partial charge in [-0.1, -0.05) is 6.92 Å². The lowest BCUT2D eigenvalue weighted by atomic mass is 10.4. The zero-order chi connectivity index (χ0) is 8.69. The van der Waals surface area contributed by atoms with E-state index in [9.17, 15) is 0 Å². The van der Waals surface area contributed by atoms with Crippen LogP contribution in [0.15, 0.2) is 0 Å². The van der Waals surface area contributed by atoms with Gasteiger partial charge in [0.25, 0.3) is 0 Å². The topological polar surface area (TPSA) is 35.5 Å². The molecule has 0 aromatic rings. The quantitative estimate of drug-likeness (QED) is 0.432. The highest BCUT2D eigenvalue weighted by Gasteiger charge is 2.02. The van der Waals surface area contributed by atoms with Crippen LogP contribution < -0.4 is 5.32 Å². The fourth-order valence-corrected chi connectivity index (χ4v) is 0.817. The Labute approximate surface area is 69.4 Å². The molecule has 68 valence electrons. The third kappa shape index (κ3) is 6.28. The summed E-state index contributed by atoms with van der Waals surface area (Å²) < 4.78 is 0. The molecule has 0 bridgehead atoms. The van der Waals surface area contributed by atoms with E-state index in [0.29, 0.717) is 0 Å². The molecule has 0 aromatic carbocycles. The maximum absolute atomic E-state index is 9.08. The lowest BCUT2D eigenvalue weighted by Crippen LogP contribution is -2.31. The van der Waals surface area contributed by atoms with Gasteiger partial charge in [0.15, 0.2) is 0 Å². The Morgan fingerprint density at radius 2 is 2.18 bits per heavy atom. The fraction of sp³-hybridized carbons (Fsp3) is 1.00. The minimum absolute atomic E-state index is 0.323. The summed E-state index contributed by atoms with van der Waals surface area (Å²) in [5.74, 6) is 0. The maximum atomic E-state index is 9.08. The highest BCUT2D eigenvalue weighted by molar-refractivity contribution is 4.53. The average molecular weight is 160 g/mol. The monoisotopic (exact) mass is 160 g/mol. The Morgan fingerprint density at radius 1 is 1.55 bits per heavy atom. The number of rotatable bonds is 6. The molecular formula is C8H20N2O. The fourth-order valence-electron chi connectivity index (χ4n) is 0.817. The summed E-state index contributed by atoms with van der Waals surface area (Å²) in [6.07, 6.45) is 0.770. The van der Waals surface area contributed by atoms with Crippen molar-refractivity contribution in [3.8, 4) is 0 Å². The van der Waals surface area contributed by atoms with Gasteiger partial charge in [0.05, 0.1) is 0 Å². The molecule has 0 spiro atoms. The van der Waals surface area contributed by atoms with E-state index >= 15 is 0 Å². The Morgan fingerprint density at radius 3 is 2.64 bits per heavy atom. The van der Waals surface area contributed by atoms with E-state index < -0.39 is 0 Å². The molecule has 0 aliphatic rings. The molecule has 0 saturated heterocycles. The van der Waals surface area contributed by atoms with Gasteiger partial charge < -0.3 is 10.4 Å². The molecule has 2 N–H and O–H groups in total. The van der Waals surface area contributed by atoms with Crippen molar-refractivity contribution in [1.82, 2.24) is 10.2 Å². The van der Waals surface area contributed by atoms with Crippen molar-refractivity contribution in [2.24, 2.45) is 0 Å². The zero-order valence-corrected chi connectivity index (χ0v) is 7.80. The van der Waals surface area contributed by atoms with E-state index in [2.05, 4.69) is 12.2 Å². The van der Waals surface area contributed by atoms with Crippen molar-refractivity contribution < 1.29 is 5.11 Å². The Kier molecular flexibility index (Phi) is 6.51. The lowest BCUT2D eigenvalue weighted by Gasteiger charge is -2.19. The third-order valence-corrected chi connectivity index (χ3v) is 1.75. The van der Waals surface area contributed by atoms with Gasteiger partial charge in [0.1, 0.15) is 6.23 Å². The second kappa shape index (κ2) is 6.58. The smallest absolute Gasteiger partial charge is 0.104 e. The van der Waals surface area contributed by atoms with E-state index in [1.165, 1.54) is 0 Å². The number of aliphatic hydroxyl groups is 1. The van der Waals surface area contributed by atoms with Crippen molar-refractivity contribution in [3.05, 3.63) is 0 Å². The normalized spacial score (nSPS) is 13.9. The van der Waals surface area contributed by atoms with Gasteiger partial charge in [-0.05, 0) is 33.5 Å². The second-order valence-electron chi connectivity index (χ2n) is 2.82. The van der Waals surface area contributed by atoms with E-state index in [0.717, 1.165) is 26.1 Å². The molecule has 0 aliphatic carbocycles. The minimum Gasteiger partial charge on any atom is -0.379 e. The average Bonchev–Trinajstić information content (AvgIpc) is 1.97. The summed E-state index contributed by atoms with van der Waals surface area (Å²) in [5.41, 5.74) is 0. The Hall–Kier alpha value is -0.120. The molecule has 1 atom stereocenters. The number of hydrogen-bond acceptors (Lipinski definition) is 3. The molecule has 0 aliphatic heterocycles. The summed E-state index contributed by atoms with van der Waals surface area (Å²) in [6, 6.07) is 0. The zero-order valence-electron chi connectivity index (χ0n) is 7.80. The van der Waals surface area contributed by atoms with Gasteiger partial charge in [0, 0.05) is 6.54 Å². The minimum atomic E-state index is -0.323. The van der Waals surface area contributed by atoms with Crippen molar-refractivity contribution in [2.45, 2.75) is 26.5 Å². The first kappa shape index (κ1) is 10.9. The van der Waals surface area contributed by atoms with Crippen LogP contribution in [0.1, 0.15) is 20.3 Å². The highest BCUT2D eigenvalue weighted by Crippen LogP contribution is 1.91. The van der Waals surface area contributed by atoms with Gasteiger partial charge in [-0.15, -0.1) is 0 Å². The molecule has 3 nitrogen and oxygen atoms in total. The van der Waals surface area contributed by atoms with Crippen molar-refractivity contribution >= 4 is 0 Å². The summed E-state index contributed by atoms with van der Waals surface area (Å²) in [6.45, 7) is 6.89. The predicted molar refractivity (Wildman–Crippen MR) is 47.5 cm³/mol. The molecule has 0 fully saturated rings. The number of aliphatic hydroxyl groups excluding tert-OH is 1. The van der Waals surface area contributed by atoms with Gasteiger partial charge in [-0.25, -0.2) is 0 Å². The van der Waals surface area contributed by atoms with Crippen molar-refractivity contribution in [2.75, 3.05) is 26.7 Å². The van der Waals surface area contributed by atoms with E-state index in [4.69, 9.17) is 5.11 Å². The molecule has 0 rings (SSSR count). The molecule has 0 saturated carbocycles. The van der Waals surface area contributed by atoms with E-state index in [1.54, 1.807) is 6.92 Å². The largest absolute Gasteiger partial charge is 0.379 e. The van der Waals surface area contributed by atoms with Crippen LogP contribution in [0.5, 0.6) is 0 Å². The molecule has 0 amide bonds. The van der Waals surface area contributed by atoms with Crippen LogP contribution >= 0.6 is 0 Å². The summed E-state index contributed by atoms with van der Waals surface area (Å²) in [4.78, 5) is 1.93.